The fourth-order valence-corrected chi connectivity index (χ4v) is 2.43. The van der Waals surface area contributed by atoms with Crippen molar-refractivity contribution in [2.75, 3.05) is 12.4 Å². The van der Waals surface area contributed by atoms with Gasteiger partial charge in [0.15, 0.2) is 0 Å². The lowest BCUT2D eigenvalue weighted by molar-refractivity contribution is 1.19. The molecular formula is C12H10N4S. The maximum Gasteiger partial charge on any atom is 0.224 e. The predicted octanol–water partition coefficient (Wildman–Crippen LogP) is 2.80. The molecule has 84 valence electrons. The van der Waals surface area contributed by atoms with Crippen molar-refractivity contribution in [1.82, 2.24) is 15.0 Å². The molecule has 0 radical (unpaired) electrons. The van der Waals surface area contributed by atoms with Gasteiger partial charge in [-0.25, -0.2) is 9.97 Å². The second-order valence-corrected chi connectivity index (χ2v) is 4.39. The Morgan fingerprint density at radius 2 is 2.12 bits per heavy atom. The van der Waals surface area contributed by atoms with Crippen molar-refractivity contribution in [2.24, 2.45) is 0 Å². The highest BCUT2D eigenvalue weighted by Gasteiger charge is 2.10. The SMILES string of the molecule is CNc1nc(-c2ccccn2)c2ccsc2n1. The summed E-state index contributed by atoms with van der Waals surface area (Å²) in [6.07, 6.45) is 1.77. The molecule has 3 aromatic heterocycles. The lowest BCUT2D eigenvalue weighted by Crippen LogP contribution is -1.98. The Morgan fingerprint density at radius 1 is 1.18 bits per heavy atom. The van der Waals surface area contributed by atoms with E-state index >= 15 is 0 Å². The Hall–Kier alpha value is -2.01. The zero-order chi connectivity index (χ0) is 11.7. The standard InChI is InChI=1S/C12H10N4S/c1-13-12-15-10(9-4-2-3-6-14-9)8-5-7-17-11(8)16-12/h2-7H,1H3,(H,13,15,16). The van der Waals surface area contributed by atoms with Crippen LogP contribution in [0.4, 0.5) is 5.95 Å². The van der Waals surface area contributed by atoms with Gasteiger partial charge in [-0.2, -0.15) is 0 Å². The molecule has 0 amide bonds. The van der Waals surface area contributed by atoms with Gasteiger partial charge in [-0.15, -0.1) is 11.3 Å². The molecule has 3 rings (SSSR count). The van der Waals surface area contributed by atoms with Gasteiger partial charge in [-0.05, 0) is 23.6 Å². The zero-order valence-electron chi connectivity index (χ0n) is 9.21. The van der Waals surface area contributed by atoms with E-state index in [1.54, 1.807) is 17.5 Å². The van der Waals surface area contributed by atoms with Crippen molar-refractivity contribution in [1.29, 1.82) is 0 Å². The van der Waals surface area contributed by atoms with E-state index in [2.05, 4.69) is 20.3 Å². The molecule has 4 nitrogen and oxygen atoms in total. The van der Waals surface area contributed by atoms with Crippen molar-refractivity contribution >= 4 is 27.5 Å². The van der Waals surface area contributed by atoms with E-state index in [0.717, 1.165) is 21.6 Å². The molecule has 0 saturated carbocycles. The van der Waals surface area contributed by atoms with Crippen molar-refractivity contribution in [3.63, 3.8) is 0 Å². The molecule has 3 heterocycles. The Balaban J connectivity index is 2.30. The molecule has 5 heteroatoms. The average Bonchev–Trinajstić information content (AvgIpc) is 2.86. The van der Waals surface area contributed by atoms with Crippen LogP contribution in [0, 0.1) is 0 Å². The molecule has 0 bridgehead atoms. The average molecular weight is 242 g/mol. The summed E-state index contributed by atoms with van der Waals surface area (Å²) in [7, 11) is 1.82. The third-order valence-electron chi connectivity index (χ3n) is 2.46. The van der Waals surface area contributed by atoms with Crippen molar-refractivity contribution < 1.29 is 0 Å². The quantitative estimate of drug-likeness (QED) is 0.750. The monoisotopic (exact) mass is 242 g/mol. The fourth-order valence-electron chi connectivity index (χ4n) is 1.67. The minimum Gasteiger partial charge on any atom is -0.357 e. The highest BCUT2D eigenvalue weighted by molar-refractivity contribution is 7.16. The van der Waals surface area contributed by atoms with E-state index in [4.69, 9.17) is 0 Å². The first kappa shape index (κ1) is 10.2. The Morgan fingerprint density at radius 3 is 2.88 bits per heavy atom. The van der Waals surface area contributed by atoms with Crippen LogP contribution in [0.2, 0.25) is 0 Å². The van der Waals surface area contributed by atoms with Crippen molar-refractivity contribution in [2.45, 2.75) is 0 Å². The van der Waals surface area contributed by atoms with Crippen LogP contribution in [0.1, 0.15) is 0 Å². The van der Waals surface area contributed by atoms with Crippen molar-refractivity contribution in [3.05, 3.63) is 35.8 Å². The van der Waals surface area contributed by atoms with Gasteiger partial charge in [0.2, 0.25) is 5.95 Å². The second-order valence-electron chi connectivity index (χ2n) is 3.50. The van der Waals surface area contributed by atoms with Gasteiger partial charge < -0.3 is 5.32 Å². The highest BCUT2D eigenvalue weighted by Crippen LogP contribution is 2.28. The normalized spacial score (nSPS) is 10.6. The summed E-state index contributed by atoms with van der Waals surface area (Å²) < 4.78 is 0. The van der Waals surface area contributed by atoms with Gasteiger partial charge in [0, 0.05) is 18.6 Å². The second kappa shape index (κ2) is 4.10. The van der Waals surface area contributed by atoms with Crippen LogP contribution in [0.25, 0.3) is 21.6 Å². The van der Waals surface area contributed by atoms with E-state index in [9.17, 15) is 0 Å². The van der Waals surface area contributed by atoms with Gasteiger partial charge in [0.1, 0.15) is 10.5 Å². The Kier molecular flexibility index (Phi) is 2.45. The number of fused-ring (bicyclic) bond motifs is 1. The number of pyridine rings is 1. The molecule has 0 spiro atoms. The van der Waals surface area contributed by atoms with Crippen LogP contribution in [-0.4, -0.2) is 22.0 Å². The Labute approximate surface area is 102 Å². The van der Waals surface area contributed by atoms with E-state index < -0.39 is 0 Å². The molecule has 0 saturated heterocycles. The van der Waals surface area contributed by atoms with Gasteiger partial charge in [0.25, 0.3) is 0 Å². The molecule has 3 aromatic rings. The molecule has 0 atom stereocenters. The van der Waals surface area contributed by atoms with Gasteiger partial charge >= 0.3 is 0 Å². The fraction of sp³-hybridized carbons (Fsp3) is 0.0833. The van der Waals surface area contributed by atoms with E-state index in [1.165, 1.54) is 0 Å². The molecule has 0 aliphatic rings. The first-order valence-corrected chi connectivity index (χ1v) is 6.11. The van der Waals surface area contributed by atoms with Crippen molar-refractivity contribution in [3.8, 4) is 11.4 Å². The molecule has 0 unspecified atom stereocenters. The third kappa shape index (κ3) is 1.74. The molecule has 17 heavy (non-hydrogen) atoms. The smallest absolute Gasteiger partial charge is 0.224 e. The lowest BCUT2D eigenvalue weighted by atomic mass is 10.2. The summed E-state index contributed by atoms with van der Waals surface area (Å²) in [6.45, 7) is 0. The Bertz CT molecular complexity index is 648. The van der Waals surface area contributed by atoms with Crippen LogP contribution in [0.15, 0.2) is 35.8 Å². The lowest BCUT2D eigenvalue weighted by Gasteiger charge is -2.04. The maximum absolute atomic E-state index is 4.48. The molecule has 0 fully saturated rings. The van der Waals surface area contributed by atoms with Gasteiger partial charge in [0.05, 0.1) is 5.69 Å². The van der Waals surface area contributed by atoms with Gasteiger partial charge in [-0.1, -0.05) is 6.07 Å². The number of hydrogen-bond acceptors (Lipinski definition) is 5. The number of aromatic nitrogens is 3. The predicted molar refractivity (Wildman–Crippen MR) is 70.2 cm³/mol. The molecular weight excluding hydrogens is 232 g/mol. The summed E-state index contributed by atoms with van der Waals surface area (Å²) in [5, 5.41) is 6.04. The topological polar surface area (TPSA) is 50.7 Å². The van der Waals surface area contributed by atoms with Crippen LogP contribution in [-0.2, 0) is 0 Å². The first-order chi connectivity index (χ1) is 8.38. The van der Waals surface area contributed by atoms with E-state index in [0.29, 0.717) is 5.95 Å². The minimum absolute atomic E-state index is 0.626. The summed E-state index contributed by atoms with van der Waals surface area (Å²) in [5.74, 6) is 0.626. The largest absolute Gasteiger partial charge is 0.357 e. The number of anilines is 1. The number of hydrogen-bond donors (Lipinski definition) is 1. The minimum atomic E-state index is 0.626. The zero-order valence-corrected chi connectivity index (χ0v) is 10.0. The molecule has 0 aliphatic carbocycles. The summed E-state index contributed by atoms with van der Waals surface area (Å²) in [6, 6.07) is 7.85. The van der Waals surface area contributed by atoms with Crippen LogP contribution in [0.3, 0.4) is 0 Å². The summed E-state index contributed by atoms with van der Waals surface area (Å²) >= 11 is 1.61. The maximum atomic E-state index is 4.48. The summed E-state index contributed by atoms with van der Waals surface area (Å²) in [5.41, 5.74) is 1.75. The van der Waals surface area contributed by atoms with Gasteiger partial charge in [-0.3, -0.25) is 4.98 Å². The van der Waals surface area contributed by atoms with E-state index in [1.807, 2.05) is 36.7 Å². The molecule has 1 N–H and O–H groups in total. The third-order valence-corrected chi connectivity index (χ3v) is 3.26. The number of nitrogens with one attached hydrogen (secondary N) is 1. The molecule has 0 aromatic carbocycles. The highest BCUT2D eigenvalue weighted by atomic mass is 32.1. The summed E-state index contributed by atoms with van der Waals surface area (Å²) in [4.78, 5) is 14.2. The number of thiophene rings is 1. The number of rotatable bonds is 2. The van der Waals surface area contributed by atoms with Crippen LogP contribution >= 0.6 is 11.3 Å². The van der Waals surface area contributed by atoms with Crippen LogP contribution in [0.5, 0.6) is 0 Å². The van der Waals surface area contributed by atoms with Crippen LogP contribution < -0.4 is 5.32 Å². The molecule has 0 aliphatic heterocycles. The number of nitrogens with zero attached hydrogens (tertiary/aromatic N) is 3. The first-order valence-electron chi connectivity index (χ1n) is 5.23. The van der Waals surface area contributed by atoms with E-state index in [-0.39, 0.29) is 0 Å².